The van der Waals surface area contributed by atoms with E-state index in [0.29, 0.717) is 11.3 Å². The van der Waals surface area contributed by atoms with Crippen LogP contribution in [0.25, 0.3) is 0 Å². The summed E-state index contributed by atoms with van der Waals surface area (Å²) in [5.41, 5.74) is -2.02. The van der Waals surface area contributed by atoms with Gasteiger partial charge in [-0.25, -0.2) is 14.8 Å². The average Bonchev–Trinajstić information content (AvgIpc) is 3.27. The quantitative estimate of drug-likeness (QED) is 0.565. The Bertz CT molecular complexity index is 987. The molecule has 0 N–H and O–H groups in total. The number of thiazole rings is 1. The van der Waals surface area contributed by atoms with Gasteiger partial charge in [0.25, 0.3) is 0 Å². The van der Waals surface area contributed by atoms with E-state index in [1.165, 1.54) is 9.80 Å². The molecule has 1 aliphatic heterocycles. The van der Waals surface area contributed by atoms with Gasteiger partial charge in [-0.3, -0.25) is 9.69 Å². The van der Waals surface area contributed by atoms with Crippen molar-refractivity contribution in [1.82, 2.24) is 14.9 Å². The van der Waals surface area contributed by atoms with E-state index >= 15 is 0 Å². The van der Waals surface area contributed by atoms with Gasteiger partial charge in [-0.2, -0.15) is 26.3 Å². The summed E-state index contributed by atoms with van der Waals surface area (Å²) in [6, 6.07) is 0.885. The second-order valence-corrected chi connectivity index (χ2v) is 8.51. The highest BCUT2D eigenvalue weighted by Crippen LogP contribution is 2.32. The maximum Gasteiger partial charge on any atom is 0.434 e. The summed E-state index contributed by atoms with van der Waals surface area (Å²) in [7, 11) is 0. The monoisotopic (exact) mass is 480 g/mol. The van der Waals surface area contributed by atoms with Crippen LogP contribution < -0.4 is 4.90 Å². The molecule has 174 valence electrons. The second kappa shape index (κ2) is 8.68. The van der Waals surface area contributed by atoms with Crippen LogP contribution >= 0.6 is 11.3 Å². The fraction of sp³-hybridized carbons (Fsp3) is 0.474. The number of aromatic nitrogens is 2. The van der Waals surface area contributed by atoms with Crippen molar-refractivity contribution in [3.05, 3.63) is 40.1 Å². The minimum Gasteiger partial charge on any atom is -0.312 e. The molecule has 2 aromatic heterocycles. The number of pyridine rings is 1. The summed E-state index contributed by atoms with van der Waals surface area (Å²) in [6.45, 7) is 3.42. The van der Waals surface area contributed by atoms with Gasteiger partial charge in [0.2, 0.25) is 0 Å². The summed E-state index contributed by atoms with van der Waals surface area (Å²) in [5.74, 6) is -0.588. The van der Waals surface area contributed by atoms with Gasteiger partial charge in [-0.1, -0.05) is 13.8 Å². The molecule has 2 amide bonds. The third-order valence-corrected chi connectivity index (χ3v) is 5.75. The lowest BCUT2D eigenvalue weighted by Gasteiger charge is -2.25. The number of ketones is 1. The van der Waals surface area contributed by atoms with E-state index < -0.39 is 41.6 Å². The van der Waals surface area contributed by atoms with Gasteiger partial charge in [0.1, 0.15) is 10.7 Å². The van der Waals surface area contributed by atoms with Gasteiger partial charge in [-0.15, -0.1) is 11.3 Å². The number of halogens is 6. The number of hydrogen-bond acceptors (Lipinski definition) is 5. The van der Waals surface area contributed by atoms with Crippen molar-refractivity contribution in [2.24, 2.45) is 5.92 Å². The van der Waals surface area contributed by atoms with Gasteiger partial charge in [0.05, 0.1) is 30.9 Å². The average molecular weight is 480 g/mol. The third-order valence-electron chi connectivity index (χ3n) is 4.90. The van der Waals surface area contributed by atoms with Crippen molar-refractivity contribution < 1.29 is 35.9 Å². The van der Waals surface area contributed by atoms with Crippen LogP contribution in [0.1, 0.15) is 30.2 Å². The van der Waals surface area contributed by atoms with Crippen LogP contribution in [-0.4, -0.2) is 45.8 Å². The van der Waals surface area contributed by atoms with Gasteiger partial charge < -0.3 is 4.90 Å². The normalized spacial score (nSPS) is 17.5. The molecule has 1 aliphatic rings. The Morgan fingerprint density at radius 1 is 1.16 bits per heavy atom. The zero-order valence-electron chi connectivity index (χ0n) is 16.9. The third kappa shape index (κ3) is 5.19. The van der Waals surface area contributed by atoms with Crippen LogP contribution in [0.5, 0.6) is 0 Å². The first kappa shape index (κ1) is 24.0. The Hall–Kier alpha value is -2.70. The molecule has 32 heavy (non-hydrogen) atoms. The molecule has 0 aliphatic carbocycles. The van der Waals surface area contributed by atoms with Crippen LogP contribution in [0.3, 0.4) is 0 Å². The Labute approximate surface area is 182 Å². The molecular weight excluding hydrogens is 462 g/mol. The number of carbonyl (C=O) groups excluding carboxylic acids is 2. The number of urea groups is 1. The van der Waals surface area contributed by atoms with E-state index in [-0.39, 0.29) is 36.1 Å². The molecule has 0 radical (unpaired) electrons. The largest absolute Gasteiger partial charge is 0.434 e. The predicted octanol–water partition coefficient (Wildman–Crippen LogP) is 4.65. The maximum atomic E-state index is 12.9. The number of Topliss-reactive ketones (excluding diaryl/α,β-unsaturated/α-hetero) is 1. The number of hydrogen-bond donors (Lipinski definition) is 0. The molecule has 13 heteroatoms. The van der Waals surface area contributed by atoms with Crippen molar-refractivity contribution in [3.63, 3.8) is 0 Å². The van der Waals surface area contributed by atoms with Crippen molar-refractivity contribution in [2.75, 3.05) is 18.0 Å². The molecule has 6 nitrogen and oxygen atoms in total. The summed E-state index contributed by atoms with van der Waals surface area (Å²) in [5, 5.41) is 0.804. The molecule has 1 atom stereocenters. The van der Waals surface area contributed by atoms with E-state index in [2.05, 4.69) is 9.97 Å². The first-order chi connectivity index (χ1) is 14.8. The standard InChI is InChI=1S/C19H18F6N4O2S/c1-10(2)13-8-28(11-3-4-14(26-6-11)18(20,21)22)17(31)29(13)7-12(30)5-16-27-15(9-32-16)19(23,24)25/h3-4,6,9-10,13H,5,7-8H2,1-2H3/t13-/m1/s1. The molecule has 0 spiro atoms. The molecular formula is C19H18F6N4O2S. The summed E-state index contributed by atoms with van der Waals surface area (Å²) in [4.78, 5) is 34.7. The smallest absolute Gasteiger partial charge is 0.312 e. The number of rotatable bonds is 6. The van der Waals surface area contributed by atoms with E-state index in [4.69, 9.17) is 0 Å². The zero-order valence-corrected chi connectivity index (χ0v) is 17.7. The van der Waals surface area contributed by atoms with Gasteiger partial charge in [0.15, 0.2) is 11.5 Å². The highest BCUT2D eigenvalue weighted by molar-refractivity contribution is 7.09. The molecule has 0 saturated carbocycles. The minimum absolute atomic E-state index is 0.0149. The highest BCUT2D eigenvalue weighted by Gasteiger charge is 2.41. The molecule has 3 heterocycles. The lowest BCUT2D eigenvalue weighted by Crippen LogP contribution is -2.41. The molecule has 1 saturated heterocycles. The number of nitrogens with zero attached hydrogens (tertiary/aromatic N) is 4. The van der Waals surface area contributed by atoms with Crippen LogP contribution in [0.15, 0.2) is 23.7 Å². The van der Waals surface area contributed by atoms with E-state index in [0.717, 1.165) is 23.7 Å². The molecule has 1 fully saturated rings. The first-order valence-corrected chi connectivity index (χ1v) is 10.3. The van der Waals surface area contributed by atoms with E-state index in [1.54, 1.807) is 0 Å². The molecule has 3 rings (SSSR count). The van der Waals surface area contributed by atoms with Crippen molar-refractivity contribution in [1.29, 1.82) is 0 Å². The fourth-order valence-electron chi connectivity index (χ4n) is 3.28. The van der Waals surface area contributed by atoms with Crippen molar-refractivity contribution >= 4 is 28.8 Å². The summed E-state index contributed by atoms with van der Waals surface area (Å²) in [6.07, 6.45) is -8.65. The van der Waals surface area contributed by atoms with Crippen LogP contribution in [0.4, 0.5) is 36.8 Å². The lowest BCUT2D eigenvalue weighted by molar-refractivity contribution is -0.141. The Balaban J connectivity index is 1.73. The minimum atomic E-state index is -4.62. The van der Waals surface area contributed by atoms with E-state index in [9.17, 15) is 35.9 Å². The first-order valence-electron chi connectivity index (χ1n) is 9.42. The zero-order chi connectivity index (χ0) is 23.8. The van der Waals surface area contributed by atoms with E-state index in [1.807, 2.05) is 13.8 Å². The Kier molecular flexibility index (Phi) is 6.50. The molecule has 0 aromatic carbocycles. The summed E-state index contributed by atoms with van der Waals surface area (Å²) < 4.78 is 76.3. The van der Waals surface area contributed by atoms with Crippen LogP contribution in [-0.2, 0) is 23.6 Å². The van der Waals surface area contributed by atoms with Gasteiger partial charge in [0, 0.05) is 11.9 Å². The molecule has 0 bridgehead atoms. The fourth-order valence-corrected chi connectivity index (χ4v) is 4.11. The lowest BCUT2D eigenvalue weighted by atomic mass is 10.0. The van der Waals surface area contributed by atoms with Crippen molar-refractivity contribution in [2.45, 2.75) is 38.7 Å². The Morgan fingerprint density at radius 3 is 2.31 bits per heavy atom. The molecule has 2 aromatic rings. The number of anilines is 1. The van der Waals surface area contributed by atoms with Crippen LogP contribution in [0, 0.1) is 5.92 Å². The maximum absolute atomic E-state index is 12.9. The highest BCUT2D eigenvalue weighted by atomic mass is 32.1. The topological polar surface area (TPSA) is 66.4 Å². The number of amides is 2. The van der Waals surface area contributed by atoms with Gasteiger partial charge in [-0.05, 0) is 18.1 Å². The van der Waals surface area contributed by atoms with Gasteiger partial charge >= 0.3 is 18.4 Å². The predicted molar refractivity (Wildman–Crippen MR) is 103 cm³/mol. The SMILES string of the molecule is CC(C)[C@H]1CN(c2ccc(C(F)(F)F)nc2)C(=O)N1CC(=O)Cc1nc(C(F)(F)F)cs1. The van der Waals surface area contributed by atoms with Crippen LogP contribution in [0.2, 0.25) is 0 Å². The number of carbonyl (C=O) groups is 2. The summed E-state index contributed by atoms with van der Waals surface area (Å²) >= 11 is 0.705. The number of alkyl halides is 6. The molecule has 0 unspecified atom stereocenters. The Morgan fingerprint density at radius 2 is 1.81 bits per heavy atom. The van der Waals surface area contributed by atoms with Crippen molar-refractivity contribution in [3.8, 4) is 0 Å². The second-order valence-electron chi connectivity index (χ2n) is 7.57.